The van der Waals surface area contributed by atoms with Gasteiger partial charge in [0.2, 0.25) is 5.95 Å². The van der Waals surface area contributed by atoms with Gasteiger partial charge in [-0.1, -0.05) is 23.9 Å². The Bertz CT molecular complexity index is 764. The maximum Gasteiger partial charge on any atom is 0.261 e. The van der Waals surface area contributed by atoms with Gasteiger partial charge in [0.1, 0.15) is 0 Å². The summed E-state index contributed by atoms with van der Waals surface area (Å²) in [7, 11) is 0. The zero-order chi connectivity index (χ0) is 16.0. The average Bonchev–Trinajstić information content (AvgIpc) is 3.29. The van der Waals surface area contributed by atoms with Crippen LogP contribution in [-0.2, 0) is 0 Å². The van der Waals surface area contributed by atoms with Crippen molar-refractivity contribution in [3.05, 3.63) is 35.4 Å². The minimum Gasteiger partial charge on any atom is -0.368 e. The van der Waals surface area contributed by atoms with Crippen molar-refractivity contribution < 1.29 is 9.59 Å². The molecule has 1 aromatic heterocycles. The van der Waals surface area contributed by atoms with Gasteiger partial charge in [-0.05, 0) is 25.0 Å². The number of nitrogen functional groups attached to an aromatic ring is 1. The van der Waals surface area contributed by atoms with E-state index in [1.807, 2.05) is 4.57 Å². The second-order valence-corrected chi connectivity index (χ2v) is 6.66. The number of benzene rings is 1. The molecule has 0 atom stereocenters. The Morgan fingerprint density at radius 2 is 1.78 bits per heavy atom. The number of anilines is 1. The minimum atomic E-state index is -0.227. The summed E-state index contributed by atoms with van der Waals surface area (Å²) in [4.78, 5) is 25.9. The van der Waals surface area contributed by atoms with E-state index >= 15 is 0 Å². The van der Waals surface area contributed by atoms with Crippen LogP contribution in [0.4, 0.5) is 5.95 Å². The predicted molar refractivity (Wildman–Crippen MR) is 85.2 cm³/mol. The van der Waals surface area contributed by atoms with E-state index in [0.29, 0.717) is 35.4 Å². The Morgan fingerprint density at radius 1 is 1.13 bits per heavy atom. The summed E-state index contributed by atoms with van der Waals surface area (Å²) in [5.41, 5.74) is 6.79. The maximum absolute atomic E-state index is 12.3. The first kappa shape index (κ1) is 14.3. The fourth-order valence-electron chi connectivity index (χ4n) is 2.73. The van der Waals surface area contributed by atoms with Gasteiger partial charge in [-0.15, -0.1) is 10.2 Å². The van der Waals surface area contributed by atoms with Crippen molar-refractivity contribution in [3.8, 4) is 0 Å². The Morgan fingerprint density at radius 3 is 2.39 bits per heavy atom. The number of carbonyl (C=O) groups is 2. The van der Waals surface area contributed by atoms with Gasteiger partial charge < -0.3 is 5.73 Å². The van der Waals surface area contributed by atoms with E-state index in [2.05, 4.69) is 10.2 Å². The van der Waals surface area contributed by atoms with Crippen molar-refractivity contribution in [2.24, 2.45) is 0 Å². The number of imide groups is 1. The van der Waals surface area contributed by atoms with Crippen LogP contribution < -0.4 is 5.73 Å². The molecule has 0 spiro atoms. The van der Waals surface area contributed by atoms with Crippen molar-refractivity contribution in [1.29, 1.82) is 0 Å². The predicted octanol–water partition coefficient (Wildman–Crippen LogP) is 1.58. The summed E-state index contributed by atoms with van der Waals surface area (Å²) < 4.78 is 1.94. The van der Waals surface area contributed by atoms with Gasteiger partial charge in [0.15, 0.2) is 5.16 Å². The zero-order valence-electron chi connectivity index (χ0n) is 12.3. The van der Waals surface area contributed by atoms with E-state index < -0.39 is 0 Å². The van der Waals surface area contributed by atoms with Crippen LogP contribution in [0.1, 0.15) is 39.6 Å². The molecule has 0 unspecified atom stereocenters. The first-order chi connectivity index (χ1) is 11.2. The van der Waals surface area contributed by atoms with Crippen LogP contribution >= 0.6 is 11.8 Å². The number of rotatable bonds is 5. The minimum absolute atomic E-state index is 0.227. The molecule has 1 fully saturated rings. The van der Waals surface area contributed by atoms with E-state index in [1.54, 1.807) is 24.3 Å². The number of hydrogen-bond donors (Lipinski definition) is 1. The summed E-state index contributed by atoms with van der Waals surface area (Å²) in [6.45, 7) is 0.342. The van der Waals surface area contributed by atoms with E-state index in [1.165, 1.54) is 16.7 Å². The van der Waals surface area contributed by atoms with E-state index in [4.69, 9.17) is 5.73 Å². The number of carbonyl (C=O) groups excluding carboxylic acids is 2. The fourth-order valence-corrected chi connectivity index (χ4v) is 3.67. The number of nitrogens with zero attached hydrogens (tertiary/aromatic N) is 4. The van der Waals surface area contributed by atoms with Crippen molar-refractivity contribution in [1.82, 2.24) is 19.7 Å². The Labute approximate surface area is 136 Å². The lowest BCUT2D eigenvalue weighted by Crippen LogP contribution is -2.31. The second-order valence-electron chi connectivity index (χ2n) is 5.60. The largest absolute Gasteiger partial charge is 0.368 e. The first-order valence-electron chi connectivity index (χ1n) is 7.45. The highest BCUT2D eigenvalue weighted by Crippen LogP contribution is 2.39. The highest BCUT2D eigenvalue weighted by atomic mass is 32.2. The molecular formula is C15H15N5O2S. The highest BCUT2D eigenvalue weighted by Gasteiger charge is 2.35. The molecule has 118 valence electrons. The van der Waals surface area contributed by atoms with Gasteiger partial charge in [-0.3, -0.25) is 19.1 Å². The van der Waals surface area contributed by atoms with Crippen LogP contribution in [0.25, 0.3) is 0 Å². The molecule has 2 aromatic rings. The molecule has 0 radical (unpaired) electrons. The Kier molecular flexibility index (Phi) is 3.33. The third kappa shape index (κ3) is 2.39. The number of nitrogens with two attached hydrogens (primary N) is 1. The van der Waals surface area contributed by atoms with Crippen LogP contribution in [0.5, 0.6) is 0 Å². The second kappa shape index (κ2) is 5.38. The van der Waals surface area contributed by atoms with Gasteiger partial charge in [0, 0.05) is 18.3 Å². The van der Waals surface area contributed by atoms with Gasteiger partial charge in [-0.25, -0.2) is 0 Å². The van der Waals surface area contributed by atoms with Crippen molar-refractivity contribution in [3.63, 3.8) is 0 Å². The highest BCUT2D eigenvalue weighted by molar-refractivity contribution is 7.99. The maximum atomic E-state index is 12.3. The quantitative estimate of drug-likeness (QED) is 0.661. The van der Waals surface area contributed by atoms with Gasteiger partial charge in [-0.2, -0.15) is 0 Å². The summed E-state index contributed by atoms with van der Waals surface area (Å²) in [6, 6.07) is 7.30. The molecule has 1 aromatic carbocycles. The molecule has 2 aliphatic rings. The third-order valence-electron chi connectivity index (χ3n) is 4.03. The standard InChI is InChI=1S/C15H15N5O2S/c16-14-17-18-15(20(14)9-5-6-9)23-8-7-19-12(21)10-3-1-2-4-11(10)13(19)22/h1-4,9H,5-8H2,(H2,16,17). The lowest BCUT2D eigenvalue weighted by molar-refractivity contribution is 0.0664. The van der Waals surface area contributed by atoms with Crippen LogP contribution in [0.3, 0.4) is 0 Å². The smallest absolute Gasteiger partial charge is 0.261 e. The van der Waals surface area contributed by atoms with Crippen LogP contribution in [0, 0.1) is 0 Å². The number of thioether (sulfide) groups is 1. The Balaban J connectivity index is 1.43. The van der Waals surface area contributed by atoms with Crippen molar-refractivity contribution in [2.75, 3.05) is 18.0 Å². The number of hydrogen-bond acceptors (Lipinski definition) is 6. The number of aromatic nitrogens is 3. The van der Waals surface area contributed by atoms with Crippen LogP contribution in [0.2, 0.25) is 0 Å². The van der Waals surface area contributed by atoms with E-state index in [0.717, 1.165) is 18.0 Å². The SMILES string of the molecule is Nc1nnc(SCCN2C(=O)c3ccccc3C2=O)n1C1CC1. The van der Waals surface area contributed by atoms with E-state index in [9.17, 15) is 9.59 Å². The molecule has 8 heteroatoms. The molecule has 4 rings (SSSR count). The summed E-state index contributed by atoms with van der Waals surface area (Å²) in [5.74, 6) is 0.538. The van der Waals surface area contributed by atoms with Crippen molar-refractivity contribution >= 4 is 29.5 Å². The lowest BCUT2D eigenvalue weighted by atomic mass is 10.1. The molecule has 0 saturated heterocycles. The molecular weight excluding hydrogens is 314 g/mol. The Hall–Kier alpha value is -2.35. The molecule has 7 nitrogen and oxygen atoms in total. The van der Waals surface area contributed by atoms with Crippen molar-refractivity contribution in [2.45, 2.75) is 24.0 Å². The molecule has 1 saturated carbocycles. The lowest BCUT2D eigenvalue weighted by Gasteiger charge is -2.13. The normalized spacial score (nSPS) is 17.0. The number of amides is 2. The molecule has 2 heterocycles. The average molecular weight is 329 g/mol. The van der Waals surface area contributed by atoms with Crippen LogP contribution in [0.15, 0.2) is 29.4 Å². The molecule has 1 aliphatic carbocycles. The summed E-state index contributed by atoms with van der Waals surface area (Å²) >= 11 is 1.47. The fraction of sp³-hybridized carbons (Fsp3) is 0.333. The molecule has 0 bridgehead atoms. The topological polar surface area (TPSA) is 94.1 Å². The van der Waals surface area contributed by atoms with E-state index in [-0.39, 0.29) is 11.8 Å². The molecule has 1 aliphatic heterocycles. The molecule has 2 amide bonds. The third-order valence-corrected chi connectivity index (χ3v) is 4.95. The zero-order valence-corrected chi connectivity index (χ0v) is 13.1. The molecule has 2 N–H and O–H groups in total. The first-order valence-corrected chi connectivity index (χ1v) is 8.44. The monoisotopic (exact) mass is 329 g/mol. The van der Waals surface area contributed by atoms with Gasteiger partial charge in [0.25, 0.3) is 11.8 Å². The van der Waals surface area contributed by atoms with Crippen LogP contribution in [-0.4, -0.2) is 43.8 Å². The summed E-state index contributed by atoms with van der Waals surface area (Å²) in [6.07, 6.45) is 2.18. The van der Waals surface area contributed by atoms with Gasteiger partial charge in [0.05, 0.1) is 11.1 Å². The van der Waals surface area contributed by atoms with Gasteiger partial charge >= 0.3 is 0 Å². The summed E-state index contributed by atoms with van der Waals surface area (Å²) in [5, 5.41) is 8.75. The number of fused-ring (bicyclic) bond motifs is 1. The molecule has 23 heavy (non-hydrogen) atoms.